The number of hydrogen-bond acceptors (Lipinski definition) is 2. The Kier molecular flexibility index (Phi) is 4.08. The van der Waals surface area contributed by atoms with Gasteiger partial charge in [-0.1, -0.05) is 30.5 Å². The number of methoxy groups -OCH3 is 1. The Bertz CT molecular complexity index is 350. The molecule has 0 radical (unpaired) electrons. The maximum Gasteiger partial charge on any atom is 0.137 e. The number of benzene rings is 1. The van der Waals surface area contributed by atoms with Crippen LogP contribution in [-0.4, -0.2) is 13.7 Å². The first-order valence-corrected chi connectivity index (χ1v) is 6.20. The van der Waals surface area contributed by atoms with Gasteiger partial charge < -0.3 is 10.1 Å². The lowest BCUT2D eigenvalue weighted by molar-refractivity contribution is 0.415. The second-order valence-electron chi connectivity index (χ2n) is 4.38. The van der Waals surface area contributed by atoms with E-state index in [-0.39, 0.29) is 0 Å². The van der Waals surface area contributed by atoms with E-state index in [1.165, 1.54) is 24.8 Å². The summed E-state index contributed by atoms with van der Waals surface area (Å²) in [5.74, 6) is 1.73. The minimum atomic E-state index is 0.684. The van der Waals surface area contributed by atoms with Gasteiger partial charge in [-0.2, -0.15) is 0 Å². The molecular formula is C13H18ClNO. The summed E-state index contributed by atoms with van der Waals surface area (Å²) in [6.45, 7) is 1.99. The number of halogens is 1. The monoisotopic (exact) mass is 239 g/mol. The van der Waals surface area contributed by atoms with Crippen molar-refractivity contribution in [2.24, 2.45) is 5.92 Å². The highest BCUT2D eigenvalue weighted by Gasteiger charge is 2.19. The Labute approximate surface area is 102 Å². The minimum absolute atomic E-state index is 0.684. The highest BCUT2D eigenvalue weighted by Crippen LogP contribution is 2.31. The highest BCUT2D eigenvalue weighted by atomic mass is 35.5. The number of hydrogen-bond donors (Lipinski definition) is 1. The molecule has 88 valence electrons. The molecule has 0 atom stereocenters. The minimum Gasteiger partial charge on any atom is -0.495 e. The topological polar surface area (TPSA) is 21.3 Å². The van der Waals surface area contributed by atoms with Crippen LogP contribution in [0.1, 0.15) is 24.8 Å². The molecule has 0 heterocycles. The molecule has 1 saturated carbocycles. The van der Waals surface area contributed by atoms with E-state index < -0.39 is 0 Å². The van der Waals surface area contributed by atoms with Crippen LogP contribution < -0.4 is 10.1 Å². The van der Waals surface area contributed by atoms with Crippen molar-refractivity contribution in [3.05, 3.63) is 28.8 Å². The van der Waals surface area contributed by atoms with Gasteiger partial charge in [-0.25, -0.2) is 0 Å². The van der Waals surface area contributed by atoms with Gasteiger partial charge in [0.1, 0.15) is 5.75 Å². The van der Waals surface area contributed by atoms with Gasteiger partial charge in [0.15, 0.2) is 0 Å². The summed E-state index contributed by atoms with van der Waals surface area (Å²) >= 11 is 6.05. The fraction of sp³-hybridized carbons (Fsp3) is 0.538. The first kappa shape index (κ1) is 11.7. The van der Waals surface area contributed by atoms with Crippen molar-refractivity contribution in [3.8, 4) is 5.75 Å². The van der Waals surface area contributed by atoms with Gasteiger partial charge in [0, 0.05) is 6.54 Å². The predicted molar refractivity (Wildman–Crippen MR) is 67.1 cm³/mol. The number of ether oxygens (including phenoxy) is 1. The lowest BCUT2D eigenvalue weighted by Gasteiger charge is -2.07. The van der Waals surface area contributed by atoms with Crippen molar-refractivity contribution in [2.45, 2.75) is 25.8 Å². The molecule has 0 saturated heterocycles. The third-order valence-electron chi connectivity index (χ3n) is 2.97. The van der Waals surface area contributed by atoms with Gasteiger partial charge in [-0.05, 0) is 36.6 Å². The zero-order valence-corrected chi connectivity index (χ0v) is 10.4. The molecule has 1 aromatic carbocycles. The Morgan fingerprint density at radius 3 is 2.88 bits per heavy atom. The average molecular weight is 240 g/mol. The fourth-order valence-corrected chi connectivity index (χ4v) is 2.05. The van der Waals surface area contributed by atoms with E-state index in [4.69, 9.17) is 16.3 Å². The van der Waals surface area contributed by atoms with Crippen LogP contribution in [0.5, 0.6) is 5.75 Å². The van der Waals surface area contributed by atoms with Crippen LogP contribution in [0, 0.1) is 5.92 Å². The van der Waals surface area contributed by atoms with E-state index >= 15 is 0 Å². The lowest BCUT2D eigenvalue weighted by Crippen LogP contribution is -2.15. The largest absolute Gasteiger partial charge is 0.495 e. The molecule has 1 aliphatic carbocycles. The normalized spacial score (nSPS) is 15.1. The molecule has 1 aromatic rings. The van der Waals surface area contributed by atoms with Crippen molar-refractivity contribution in [1.82, 2.24) is 5.32 Å². The maximum absolute atomic E-state index is 6.05. The van der Waals surface area contributed by atoms with Crippen molar-refractivity contribution < 1.29 is 4.74 Å². The van der Waals surface area contributed by atoms with Gasteiger partial charge in [0.05, 0.1) is 12.1 Å². The molecule has 0 spiro atoms. The Hall–Kier alpha value is -0.730. The Balaban J connectivity index is 1.77. The van der Waals surface area contributed by atoms with Crippen LogP contribution in [0.15, 0.2) is 18.2 Å². The molecule has 1 fully saturated rings. The van der Waals surface area contributed by atoms with Crippen LogP contribution in [0.4, 0.5) is 0 Å². The van der Waals surface area contributed by atoms with Gasteiger partial charge in [-0.3, -0.25) is 0 Å². The van der Waals surface area contributed by atoms with Crippen molar-refractivity contribution in [3.63, 3.8) is 0 Å². The molecule has 0 unspecified atom stereocenters. The van der Waals surface area contributed by atoms with Crippen LogP contribution in [-0.2, 0) is 6.54 Å². The summed E-state index contributed by atoms with van der Waals surface area (Å²) < 4.78 is 5.11. The van der Waals surface area contributed by atoms with E-state index in [0.717, 1.165) is 24.8 Å². The van der Waals surface area contributed by atoms with E-state index in [9.17, 15) is 0 Å². The molecule has 0 amide bonds. The van der Waals surface area contributed by atoms with E-state index in [1.54, 1.807) is 7.11 Å². The second-order valence-corrected chi connectivity index (χ2v) is 4.78. The second kappa shape index (κ2) is 5.55. The third-order valence-corrected chi connectivity index (χ3v) is 3.27. The molecule has 2 nitrogen and oxygen atoms in total. The highest BCUT2D eigenvalue weighted by molar-refractivity contribution is 6.32. The number of rotatable bonds is 6. The van der Waals surface area contributed by atoms with Gasteiger partial charge in [0.2, 0.25) is 0 Å². The van der Waals surface area contributed by atoms with Crippen LogP contribution in [0.3, 0.4) is 0 Å². The summed E-state index contributed by atoms with van der Waals surface area (Å²) in [6, 6.07) is 5.93. The Morgan fingerprint density at radius 2 is 2.25 bits per heavy atom. The van der Waals surface area contributed by atoms with Crippen LogP contribution >= 0.6 is 11.6 Å². The third kappa shape index (κ3) is 3.39. The smallest absolute Gasteiger partial charge is 0.137 e. The molecule has 1 aliphatic rings. The fourth-order valence-electron chi connectivity index (χ4n) is 1.77. The predicted octanol–water partition coefficient (Wildman–Crippen LogP) is 3.24. The summed E-state index contributed by atoms with van der Waals surface area (Å²) in [6.07, 6.45) is 4.16. The summed E-state index contributed by atoms with van der Waals surface area (Å²) in [5, 5.41) is 4.12. The maximum atomic E-state index is 6.05. The lowest BCUT2D eigenvalue weighted by atomic mass is 10.2. The molecule has 1 N–H and O–H groups in total. The van der Waals surface area contributed by atoms with E-state index in [1.807, 2.05) is 12.1 Å². The van der Waals surface area contributed by atoms with Crippen molar-refractivity contribution in [1.29, 1.82) is 0 Å². The van der Waals surface area contributed by atoms with Crippen LogP contribution in [0.2, 0.25) is 5.02 Å². The summed E-state index contributed by atoms with van der Waals surface area (Å²) in [4.78, 5) is 0. The van der Waals surface area contributed by atoms with Crippen LogP contribution in [0.25, 0.3) is 0 Å². The van der Waals surface area contributed by atoms with E-state index in [2.05, 4.69) is 11.4 Å². The van der Waals surface area contributed by atoms with Crippen molar-refractivity contribution in [2.75, 3.05) is 13.7 Å². The first-order valence-electron chi connectivity index (χ1n) is 5.82. The number of nitrogens with one attached hydrogen (secondary N) is 1. The van der Waals surface area contributed by atoms with Gasteiger partial charge >= 0.3 is 0 Å². The first-order chi connectivity index (χ1) is 7.79. The van der Waals surface area contributed by atoms with Gasteiger partial charge in [0.25, 0.3) is 0 Å². The molecule has 0 bridgehead atoms. The SMILES string of the molecule is COc1ccc(CNCCC2CC2)cc1Cl. The summed E-state index contributed by atoms with van der Waals surface area (Å²) in [5.41, 5.74) is 1.21. The summed E-state index contributed by atoms with van der Waals surface area (Å²) in [7, 11) is 1.63. The molecular weight excluding hydrogens is 222 g/mol. The quantitative estimate of drug-likeness (QED) is 0.770. The standard InChI is InChI=1S/C13H18ClNO/c1-16-13-5-4-11(8-12(13)14)9-15-7-6-10-2-3-10/h4-5,8,10,15H,2-3,6-7,9H2,1H3. The zero-order chi connectivity index (χ0) is 11.4. The molecule has 2 rings (SSSR count). The molecule has 3 heteroatoms. The molecule has 0 aromatic heterocycles. The molecule has 0 aliphatic heterocycles. The van der Waals surface area contributed by atoms with Gasteiger partial charge in [-0.15, -0.1) is 0 Å². The Morgan fingerprint density at radius 1 is 1.44 bits per heavy atom. The average Bonchev–Trinajstić information content (AvgIpc) is 3.08. The molecule has 16 heavy (non-hydrogen) atoms. The van der Waals surface area contributed by atoms with Crippen molar-refractivity contribution >= 4 is 11.6 Å². The van der Waals surface area contributed by atoms with E-state index in [0.29, 0.717) is 5.02 Å². The zero-order valence-electron chi connectivity index (χ0n) is 9.63.